The van der Waals surface area contributed by atoms with E-state index in [9.17, 15) is 0 Å². The molecule has 0 unspecified atom stereocenters. The third-order valence-electron chi connectivity index (χ3n) is 4.31. The first-order chi connectivity index (χ1) is 12.4. The number of rotatable bonds is 11. The first-order valence-corrected chi connectivity index (χ1v) is 10.7. The van der Waals surface area contributed by atoms with Crippen molar-refractivity contribution in [1.82, 2.24) is 0 Å². The second-order valence-corrected chi connectivity index (χ2v) is 8.94. The highest BCUT2D eigenvalue weighted by molar-refractivity contribution is 8.14. The van der Waals surface area contributed by atoms with E-state index >= 15 is 0 Å². The fourth-order valence-electron chi connectivity index (χ4n) is 2.66. The standard InChI is InChI=1S/C23H37NOS/c1-7-13-21(25-6)17-16-19(2)14-11-9-8-10-12-15-20-18-26-22(24-20)23(3,4)5/h7,9,11-12,14-15,20-21H,1,8,10,13,16-18H2,2-6H3/b11-9+,15-12-,19-14+/t20-,21+/m1/s1. The monoisotopic (exact) mass is 375 g/mol. The summed E-state index contributed by atoms with van der Waals surface area (Å²) in [5.74, 6) is 1.09. The summed E-state index contributed by atoms with van der Waals surface area (Å²) in [6.45, 7) is 12.7. The van der Waals surface area contributed by atoms with Crippen LogP contribution >= 0.6 is 11.8 Å². The minimum Gasteiger partial charge on any atom is -0.381 e. The Hall–Kier alpha value is -1.06. The van der Waals surface area contributed by atoms with Gasteiger partial charge >= 0.3 is 0 Å². The lowest BCUT2D eigenvalue weighted by atomic mass is 9.98. The van der Waals surface area contributed by atoms with Crippen molar-refractivity contribution < 1.29 is 4.74 Å². The van der Waals surface area contributed by atoms with Crippen molar-refractivity contribution in [3.63, 3.8) is 0 Å². The molecule has 2 nitrogen and oxygen atoms in total. The van der Waals surface area contributed by atoms with Crippen molar-refractivity contribution in [2.24, 2.45) is 10.4 Å². The molecule has 1 aliphatic rings. The third kappa shape index (κ3) is 9.59. The van der Waals surface area contributed by atoms with Crippen LogP contribution in [-0.4, -0.2) is 30.1 Å². The van der Waals surface area contributed by atoms with Crippen molar-refractivity contribution in [3.8, 4) is 0 Å². The van der Waals surface area contributed by atoms with E-state index in [0.717, 1.165) is 37.9 Å². The second-order valence-electron chi connectivity index (χ2n) is 7.93. The van der Waals surface area contributed by atoms with Crippen LogP contribution in [-0.2, 0) is 4.74 Å². The van der Waals surface area contributed by atoms with Gasteiger partial charge in [0.05, 0.1) is 17.2 Å². The maximum Gasteiger partial charge on any atom is 0.0783 e. The molecule has 0 saturated carbocycles. The first kappa shape index (κ1) is 23.0. The second kappa shape index (κ2) is 12.3. The summed E-state index contributed by atoms with van der Waals surface area (Å²) < 4.78 is 5.44. The SMILES string of the molecule is C=CC[C@@H](CC/C(C)=C/C=C/CC/C=C\[C@@H]1CSC(C(C)(C)C)=N1)OC. The minimum absolute atomic E-state index is 0.190. The molecule has 0 spiro atoms. The zero-order chi connectivity index (χ0) is 19.4. The molecular formula is C23H37NOS. The summed E-state index contributed by atoms with van der Waals surface area (Å²) in [5, 5.41) is 1.29. The number of ether oxygens (including phenoxy) is 1. The molecule has 0 aromatic carbocycles. The van der Waals surface area contributed by atoms with E-state index in [1.54, 1.807) is 7.11 Å². The molecule has 0 saturated heterocycles. The fraction of sp³-hybridized carbons (Fsp3) is 0.609. The summed E-state index contributed by atoms with van der Waals surface area (Å²) in [6.07, 6.45) is 18.6. The predicted molar refractivity (Wildman–Crippen MR) is 119 cm³/mol. The molecular weight excluding hydrogens is 338 g/mol. The van der Waals surface area contributed by atoms with Gasteiger partial charge in [0.2, 0.25) is 0 Å². The number of aliphatic imine (C=N–C) groups is 1. The van der Waals surface area contributed by atoms with Gasteiger partial charge in [-0.05, 0) is 39.0 Å². The van der Waals surface area contributed by atoms with E-state index in [0.29, 0.717) is 12.1 Å². The molecule has 0 aromatic heterocycles. The van der Waals surface area contributed by atoms with Gasteiger partial charge in [-0.2, -0.15) is 0 Å². The van der Waals surface area contributed by atoms with Gasteiger partial charge in [0, 0.05) is 18.3 Å². The molecule has 1 rings (SSSR count). The highest BCUT2D eigenvalue weighted by Gasteiger charge is 2.25. The molecule has 0 N–H and O–H groups in total. The lowest BCUT2D eigenvalue weighted by Crippen LogP contribution is -2.14. The maximum absolute atomic E-state index is 5.44. The number of hydrogen-bond donors (Lipinski definition) is 0. The molecule has 146 valence electrons. The quantitative estimate of drug-likeness (QED) is 0.226. The van der Waals surface area contributed by atoms with Crippen molar-refractivity contribution >= 4 is 16.8 Å². The van der Waals surface area contributed by atoms with Crippen LogP contribution in [0.1, 0.15) is 59.8 Å². The highest BCUT2D eigenvalue weighted by atomic mass is 32.2. The van der Waals surface area contributed by atoms with Gasteiger partial charge in [0.25, 0.3) is 0 Å². The van der Waals surface area contributed by atoms with Crippen LogP contribution in [0.3, 0.4) is 0 Å². The van der Waals surface area contributed by atoms with Gasteiger partial charge in [-0.1, -0.05) is 62.8 Å². The predicted octanol–water partition coefficient (Wildman–Crippen LogP) is 6.76. The van der Waals surface area contributed by atoms with Gasteiger partial charge in [0.15, 0.2) is 0 Å². The Labute approximate surface area is 165 Å². The lowest BCUT2D eigenvalue weighted by Gasteiger charge is -2.16. The van der Waals surface area contributed by atoms with Gasteiger partial charge in [0.1, 0.15) is 0 Å². The number of hydrogen-bond acceptors (Lipinski definition) is 3. The summed E-state index contributed by atoms with van der Waals surface area (Å²) in [5.41, 5.74) is 1.59. The van der Waals surface area contributed by atoms with E-state index in [4.69, 9.17) is 9.73 Å². The molecule has 0 aliphatic carbocycles. The lowest BCUT2D eigenvalue weighted by molar-refractivity contribution is 0.0981. The summed E-state index contributed by atoms with van der Waals surface area (Å²) in [4.78, 5) is 4.82. The van der Waals surface area contributed by atoms with Crippen LogP contribution < -0.4 is 0 Å². The van der Waals surface area contributed by atoms with E-state index < -0.39 is 0 Å². The molecule has 1 heterocycles. The maximum atomic E-state index is 5.44. The number of thioether (sulfide) groups is 1. The van der Waals surface area contributed by atoms with Crippen LogP contribution in [0.2, 0.25) is 0 Å². The summed E-state index contributed by atoms with van der Waals surface area (Å²) in [7, 11) is 1.78. The number of unbranched alkanes of at least 4 members (excludes halogenated alkanes) is 1. The van der Waals surface area contributed by atoms with Crippen LogP contribution in [0.15, 0.2) is 53.6 Å². The average Bonchev–Trinajstić information content (AvgIpc) is 3.07. The smallest absolute Gasteiger partial charge is 0.0783 e. The summed E-state index contributed by atoms with van der Waals surface area (Å²) in [6, 6.07) is 0.365. The molecule has 0 amide bonds. The normalized spacial score (nSPS) is 20.1. The zero-order valence-electron chi connectivity index (χ0n) is 17.3. The largest absolute Gasteiger partial charge is 0.381 e. The Morgan fingerprint density at radius 1 is 1.35 bits per heavy atom. The fourth-order valence-corrected chi connectivity index (χ4v) is 3.82. The number of methoxy groups -OCH3 is 1. The van der Waals surface area contributed by atoms with Crippen LogP contribution in [0, 0.1) is 5.41 Å². The Morgan fingerprint density at radius 2 is 2.08 bits per heavy atom. The molecule has 2 atom stereocenters. The number of allylic oxidation sites excluding steroid dienone is 5. The van der Waals surface area contributed by atoms with Gasteiger partial charge in [-0.15, -0.1) is 18.3 Å². The molecule has 3 heteroatoms. The van der Waals surface area contributed by atoms with Crippen molar-refractivity contribution in [2.45, 2.75) is 71.9 Å². The first-order valence-electron chi connectivity index (χ1n) is 9.70. The summed E-state index contributed by atoms with van der Waals surface area (Å²) >= 11 is 1.91. The molecule has 0 fully saturated rings. The zero-order valence-corrected chi connectivity index (χ0v) is 18.1. The minimum atomic E-state index is 0.190. The van der Waals surface area contributed by atoms with Gasteiger partial charge < -0.3 is 4.74 Å². The Bertz CT molecular complexity index is 537. The van der Waals surface area contributed by atoms with Gasteiger partial charge in [-0.3, -0.25) is 4.99 Å². The van der Waals surface area contributed by atoms with E-state index in [2.05, 4.69) is 64.7 Å². The topological polar surface area (TPSA) is 21.6 Å². The van der Waals surface area contributed by atoms with Crippen LogP contribution in [0.25, 0.3) is 0 Å². The van der Waals surface area contributed by atoms with Crippen LogP contribution in [0.5, 0.6) is 0 Å². The molecule has 0 bridgehead atoms. The van der Waals surface area contributed by atoms with Gasteiger partial charge in [-0.25, -0.2) is 0 Å². The third-order valence-corrected chi connectivity index (χ3v) is 5.81. The van der Waals surface area contributed by atoms with E-state index in [-0.39, 0.29) is 5.41 Å². The highest BCUT2D eigenvalue weighted by Crippen LogP contribution is 2.31. The molecule has 26 heavy (non-hydrogen) atoms. The van der Waals surface area contributed by atoms with Crippen molar-refractivity contribution in [3.05, 3.63) is 48.6 Å². The molecule has 0 radical (unpaired) electrons. The van der Waals surface area contributed by atoms with E-state index in [1.165, 1.54) is 10.6 Å². The average molecular weight is 376 g/mol. The Kier molecular flexibility index (Phi) is 10.9. The van der Waals surface area contributed by atoms with Crippen molar-refractivity contribution in [2.75, 3.05) is 12.9 Å². The Balaban J connectivity index is 2.24. The van der Waals surface area contributed by atoms with Crippen LogP contribution in [0.4, 0.5) is 0 Å². The molecule has 1 aliphatic heterocycles. The van der Waals surface area contributed by atoms with Crippen molar-refractivity contribution in [1.29, 1.82) is 0 Å². The Morgan fingerprint density at radius 3 is 2.69 bits per heavy atom. The number of nitrogens with zero attached hydrogens (tertiary/aromatic N) is 1. The molecule has 0 aromatic rings. The van der Waals surface area contributed by atoms with E-state index in [1.807, 2.05) is 17.8 Å².